The van der Waals surface area contributed by atoms with E-state index < -0.39 is 0 Å². The number of aromatic amines is 1. The van der Waals surface area contributed by atoms with Crippen LogP contribution in [0.1, 0.15) is 26.3 Å². The van der Waals surface area contributed by atoms with Crippen molar-refractivity contribution in [2.75, 3.05) is 0 Å². The summed E-state index contributed by atoms with van der Waals surface area (Å²) in [5.74, 6) is 0. The van der Waals surface area contributed by atoms with Gasteiger partial charge in [-0.3, -0.25) is 4.57 Å². The number of aromatic nitrogens is 2. The monoisotopic (exact) mass is 306 g/mol. The Morgan fingerprint density at radius 1 is 1.09 bits per heavy atom. The fourth-order valence-electron chi connectivity index (χ4n) is 2.82. The van der Waals surface area contributed by atoms with Gasteiger partial charge in [0.15, 0.2) is 0 Å². The molecule has 0 bridgehead atoms. The van der Waals surface area contributed by atoms with E-state index >= 15 is 0 Å². The molecule has 0 fully saturated rings. The van der Waals surface area contributed by atoms with E-state index in [-0.39, 0.29) is 11.1 Å². The van der Waals surface area contributed by atoms with Crippen LogP contribution >= 0.6 is 0 Å². The van der Waals surface area contributed by atoms with E-state index in [9.17, 15) is 4.79 Å². The molecule has 1 aromatic heterocycles. The number of nitrogens with zero attached hydrogens (tertiary/aromatic N) is 1. The quantitative estimate of drug-likeness (QED) is 0.712. The molecule has 3 nitrogen and oxygen atoms in total. The van der Waals surface area contributed by atoms with Crippen molar-refractivity contribution in [1.82, 2.24) is 9.55 Å². The maximum absolute atomic E-state index is 12.0. The maximum atomic E-state index is 12.0. The smallest absolute Gasteiger partial charge is 0.306 e. The number of H-pyrrole nitrogens is 1. The molecule has 0 aliphatic heterocycles. The number of imidazole rings is 1. The minimum absolute atomic E-state index is 0.0971. The number of hydrogen-bond acceptors (Lipinski definition) is 1. The molecular weight excluding hydrogens is 284 g/mol. The molecule has 118 valence electrons. The first-order valence-corrected chi connectivity index (χ1v) is 7.84. The van der Waals surface area contributed by atoms with Crippen LogP contribution in [0, 0.1) is 0 Å². The van der Waals surface area contributed by atoms with Crippen LogP contribution in [0.3, 0.4) is 0 Å². The minimum atomic E-state index is -0.0971. The number of allylic oxidation sites excluding steroid dienone is 1. The number of benzene rings is 2. The summed E-state index contributed by atoms with van der Waals surface area (Å²) in [6, 6.07) is 14.7. The molecule has 0 amide bonds. The van der Waals surface area contributed by atoms with E-state index in [4.69, 9.17) is 0 Å². The molecule has 0 saturated heterocycles. The zero-order valence-corrected chi connectivity index (χ0v) is 13.9. The molecule has 1 heterocycles. The van der Waals surface area contributed by atoms with Crippen molar-refractivity contribution in [3.05, 3.63) is 71.2 Å². The van der Waals surface area contributed by atoms with Crippen LogP contribution in [0.25, 0.3) is 22.2 Å². The SMILES string of the molecule is C=CCn1c(=O)[nH]c2cc(-c3ccc(C(C)(C)C)cc3)ccc21. The molecule has 0 unspecified atom stereocenters. The van der Waals surface area contributed by atoms with Crippen molar-refractivity contribution in [3.63, 3.8) is 0 Å². The van der Waals surface area contributed by atoms with E-state index in [1.54, 1.807) is 10.6 Å². The van der Waals surface area contributed by atoms with E-state index in [0.29, 0.717) is 6.54 Å². The van der Waals surface area contributed by atoms with Crippen LogP contribution < -0.4 is 5.69 Å². The van der Waals surface area contributed by atoms with Crippen LogP contribution in [0.2, 0.25) is 0 Å². The fraction of sp³-hybridized carbons (Fsp3) is 0.250. The number of rotatable bonds is 3. The number of nitrogens with one attached hydrogen (secondary N) is 1. The Balaban J connectivity index is 2.04. The lowest BCUT2D eigenvalue weighted by molar-refractivity contribution is 0.590. The van der Waals surface area contributed by atoms with Crippen molar-refractivity contribution in [3.8, 4) is 11.1 Å². The summed E-state index contributed by atoms with van der Waals surface area (Å²) in [6.45, 7) is 10.8. The molecular formula is C20H22N2O. The summed E-state index contributed by atoms with van der Waals surface area (Å²) in [5.41, 5.74) is 5.38. The van der Waals surface area contributed by atoms with Gasteiger partial charge in [-0.1, -0.05) is 57.2 Å². The van der Waals surface area contributed by atoms with Gasteiger partial charge in [0.05, 0.1) is 11.0 Å². The molecule has 0 spiro atoms. The predicted molar refractivity (Wildman–Crippen MR) is 96.9 cm³/mol. The van der Waals surface area contributed by atoms with Crippen LogP contribution in [0.4, 0.5) is 0 Å². The molecule has 0 atom stereocenters. The van der Waals surface area contributed by atoms with Gasteiger partial charge < -0.3 is 4.98 Å². The molecule has 3 heteroatoms. The molecule has 0 aliphatic rings. The van der Waals surface area contributed by atoms with E-state index in [2.05, 4.69) is 62.7 Å². The lowest BCUT2D eigenvalue weighted by atomic mass is 9.86. The van der Waals surface area contributed by atoms with Gasteiger partial charge in [0.2, 0.25) is 0 Å². The summed E-state index contributed by atoms with van der Waals surface area (Å²) >= 11 is 0. The summed E-state index contributed by atoms with van der Waals surface area (Å²) in [5, 5.41) is 0. The van der Waals surface area contributed by atoms with Crippen molar-refractivity contribution in [1.29, 1.82) is 0 Å². The van der Waals surface area contributed by atoms with Crippen LogP contribution in [-0.2, 0) is 12.0 Å². The fourth-order valence-corrected chi connectivity index (χ4v) is 2.82. The van der Waals surface area contributed by atoms with E-state index in [1.165, 1.54) is 5.56 Å². The third-order valence-electron chi connectivity index (χ3n) is 4.17. The number of fused-ring (bicyclic) bond motifs is 1. The second-order valence-electron chi connectivity index (χ2n) is 6.89. The van der Waals surface area contributed by atoms with Gasteiger partial charge >= 0.3 is 5.69 Å². The highest BCUT2D eigenvalue weighted by Crippen LogP contribution is 2.27. The number of hydrogen-bond donors (Lipinski definition) is 1. The van der Waals surface area contributed by atoms with Gasteiger partial charge in [-0.05, 0) is 34.2 Å². The third kappa shape index (κ3) is 2.87. The molecule has 2 aromatic carbocycles. The molecule has 0 radical (unpaired) electrons. The van der Waals surface area contributed by atoms with E-state index in [0.717, 1.165) is 22.2 Å². The molecule has 0 saturated carbocycles. The Labute approximate surface area is 136 Å². The second-order valence-corrected chi connectivity index (χ2v) is 6.89. The Hall–Kier alpha value is -2.55. The molecule has 1 N–H and O–H groups in total. The summed E-state index contributed by atoms with van der Waals surface area (Å²) in [4.78, 5) is 14.9. The van der Waals surface area contributed by atoms with Gasteiger partial charge in [-0.2, -0.15) is 0 Å². The first kappa shape index (κ1) is 15.3. The van der Waals surface area contributed by atoms with Gasteiger partial charge in [-0.15, -0.1) is 6.58 Å². The standard InChI is InChI=1S/C20H22N2O/c1-5-12-22-18-11-8-15(13-17(18)21-19(22)23)14-6-9-16(10-7-14)20(2,3)4/h5-11,13H,1,12H2,2-4H3,(H,21,23). The van der Waals surface area contributed by atoms with Crippen LogP contribution in [-0.4, -0.2) is 9.55 Å². The Morgan fingerprint density at radius 2 is 1.74 bits per heavy atom. The Kier molecular flexibility index (Phi) is 3.72. The largest absolute Gasteiger partial charge is 0.326 e. The summed E-state index contributed by atoms with van der Waals surface area (Å²) < 4.78 is 1.69. The van der Waals surface area contributed by atoms with Crippen molar-refractivity contribution < 1.29 is 0 Å². The molecule has 23 heavy (non-hydrogen) atoms. The highest BCUT2D eigenvalue weighted by Gasteiger charge is 2.13. The van der Waals surface area contributed by atoms with Gasteiger partial charge in [0.25, 0.3) is 0 Å². The maximum Gasteiger partial charge on any atom is 0.326 e. The Bertz CT molecular complexity index is 905. The molecule has 3 rings (SSSR count). The highest BCUT2D eigenvalue weighted by atomic mass is 16.1. The second kappa shape index (κ2) is 5.58. The highest BCUT2D eigenvalue weighted by molar-refractivity contribution is 5.82. The minimum Gasteiger partial charge on any atom is -0.306 e. The van der Waals surface area contributed by atoms with Crippen molar-refractivity contribution in [2.45, 2.75) is 32.7 Å². The van der Waals surface area contributed by atoms with Gasteiger partial charge in [0.1, 0.15) is 0 Å². The topological polar surface area (TPSA) is 37.8 Å². The normalized spacial score (nSPS) is 11.8. The van der Waals surface area contributed by atoms with Crippen LogP contribution in [0.5, 0.6) is 0 Å². The summed E-state index contributed by atoms with van der Waals surface area (Å²) in [7, 11) is 0. The lowest BCUT2D eigenvalue weighted by Crippen LogP contribution is -2.15. The first-order valence-electron chi connectivity index (χ1n) is 7.84. The zero-order valence-electron chi connectivity index (χ0n) is 13.9. The molecule has 0 aliphatic carbocycles. The lowest BCUT2D eigenvalue weighted by Gasteiger charge is -2.19. The predicted octanol–water partition coefficient (Wildman–Crippen LogP) is 4.48. The van der Waals surface area contributed by atoms with E-state index in [1.807, 2.05) is 12.1 Å². The third-order valence-corrected chi connectivity index (χ3v) is 4.17. The molecule has 3 aromatic rings. The van der Waals surface area contributed by atoms with Crippen molar-refractivity contribution in [2.24, 2.45) is 0 Å². The zero-order chi connectivity index (χ0) is 16.6. The van der Waals surface area contributed by atoms with Gasteiger partial charge in [0, 0.05) is 6.54 Å². The van der Waals surface area contributed by atoms with Gasteiger partial charge in [-0.25, -0.2) is 4.79 Å². The average molecular weight is 306 g/mol. The first-order chi connectivity index (χ1) is 10.9. The Morgan fingerprint density at radius 3 is 2.35 bits per heavy atom. The average Bonchev–Trinajstić information content (AvgIpc) is 2.82. The van der Waals surface area contributed by atoms with Crippen molar-refractivity contribution >= 4 is 11.0 Å². The van der Waals surface area contributed by atoms with Crippen LogP contribution in [0.15, 0.2) is 59.9 Å². The summed E-state index contributed by atoms with van der Waals surface area (Å²) in [6.07, 6.45) is 1.73.